The van der Waals surface area contributed by atoms with Crippen LogP contribution in [-0.4, -0.2) is 69.2 Å². The number of allylic oxidation sites excluding steroid dienone is 2. The molecule has 53 heavy (non-hydrogen) atoms. The Labute approximate surface area is 327 Å². The molecule has 3 rings (SSSR count). The van der Waals surface area contributed by atoms with E-state index in [0.29, 0.717) is 38.6 Å². The lowest BCUT2D eigenvalue weighted by Crippen LogP contribution is -2.53. The lowest BCUT2D eigenvalue weighted by atomic mass is 9.63. The number of carbonyl (C=O) groups excluding carboxylic acids is 1. The van der Waals surface area contributed by atoms with Crippen molar-refractivity contribution in [2.24, 2.45) is 17.3 Å². The fourth-order valence-corrected chi connectivity index (χ4v) is 9.40. The van der Waals surface area contributed by atoms with Crippen molar-refractivity contribution in [3.05, 3.63) is 60.2 Å². The standard InChI is InChI=1S/C46H74ClNO5/c1-3-45(31-24-32-45)43(51)30-23-29-40-39(41(47)37-42(40)50)28-20-16-21-33-46(34-36-49,44(52)53)48(2)35-22-14-12-10-8-6-4-5-7-9-11-13-17-25-38-26-18-15-19-27-38/h15-16,18-20,23,26-27,29,36,39-43,50-51H,3-14,17,21-22,24-25,28,30-35,37H2,1-2H3,(H,52,53)/b20-16-,29-23+/t39-,40-,41-,42-,43+,46?/m1/s1. The zero-order valence-corrected chi connectivity index (χ0v) is 34.1. The van der Waals surface area contributed by atoms with E-state index in [1.54, 1.807) is 0 Å². The Balaban J connectivity index is 1.29. The van der Waals surface area contributed by atoms with E-state index in [9.17, 15) is 24.9 Å². The summed E-state index contributed by atoms with van der Waals surface area (Å²) in [5, 5.41) is 31.7. The van der Waals surface area contributed by atoms with Crippen molar-refractivity contribution < 1.29 is 24.9 Å². The number of carbonyl (C=O) groups is 2. The molecule has 0 aromatic heterocycles. The summed E-state index contributed by atoms with van der Waals surface area (Å²) in [4.78, 5) is 26.2. The zero-order chi connectivity index (χ0) is 38.4. The van der Waals surface area contributed by atoms with Crippen LogP contribution in [0.1, 0.15) is 160 Å². The number of carboxylic acid groups (broad SMARTS) is 1. The van der Waals surface area contributed by atoms with Crippen molar-refractivity contribution >= 4 is 23.9 Å². The number of aldehydes is 1. The first kappa shape index (κ1) is 45.4. The average Bonchev–Trinajstić information content (AvgIpc) is 3.39. The summed E-state index contributed by atoms with van der Waals surface area (Å²) in [6.07, 6.45) is 32.7. The van der Waals surface area contributed by atoms with E-state index in [1.165, 1.54) is 89.0 Å². The summed E-state index contributed by atoms with van der Waals surface area (Å²) in [6, 6.07) is 10.8. The van der Waals surface area contributed by atoms with Gasteiger partial charge in [0.05, 0.1) is 12.2 Å². The predicted molar refractivity (Wildman–Crippen MR) is 220 cm³/mol. The number of aryl methyl sites for hydroxylation is 1. The molecule has 2 aliphatic rings. The Kier molecular flexibility index (Phi) is 21.6. The first-order chi connectivity index (χ1) is 25.7. The predicted octanol–water partition coefficient (Wildman–Crippen LogP) is 10.9. The highest BCUT2D eigenvalue weighted by molar-refractivity contribution is 6.21. The molecule has 2 fully saturated rings. The molecule has 6 nitrogen and oxygen atoms in total. The molecular weight excluding hydrogens is 682 g/mol. The maximum atomic E-state index is 12.6. The molecule has 6 atom stereocenters. The summed E-state index contributed by atoms with van der Waals surface area (Å²) in [6.45, 7) is 2.82. The Morgan fingerprint density at radius 1 is 0.943 bits per heavy atom. The van der Waals surface area contributed by atoms with Crippen molar-refractivity contribution in [2.75, 3.05) is 13.6 Å². The number of likely N-dealkylation sites (N-methyl/N-ethyl adjacent to an activating group) is 1. The highest BCUT2D eigenvalue weighted by atomic mass is 35.5. The molecule has 0 aliphatic heterocycles. The third-order valence-electron chi connectivity index (χ3n) is 13.0. The minimum atomic E-state index is -1.21. The molecular formula is C46H74ClNO5. The number of aliphatic carboxylic acids is 1. The van der Waals surface area contributed by atoms with Gasteiger partial charge in [-0.15, -0.1) is 11.6 Å². The molecule has 0 amide bonds. The molecule has 2 aliphatic carbocycles. The topological polar surface area (TPSA) is 98.1 Å². The second kappa shape index (κ2) is 25.2. The second-order valence-corrected chi connectivity index (χ2v) is 17.1. The average molecular weight is 757 g/mol. The van der Waals surface area contributed by atoms with E-state index in [4.69, 9.17) is 11.6 Å². The number of hydrogen-bond donors (Lipinski definition) is 3. The lowest BCUT2D eigenvalue weighted by molar-refractivity contribution is -0.153. The summed E-state index contributed by atoms with van der Waals surface area (Å²) < 4.78 is 0. The van der Waals surface area contributed by atoms with Gasteiger partial charge in [0, 0.05) is 17.7 Å². The van der Waals surface area contributed by atoms with Gasteiger partial charge in [-0.3, -0.25) is 9.69 Å². The van der Waals surface area contributed by atoms with E-state index in [0.717, 1.165) is 38.4 Å². The molecule has 300 valence electrons. The smallest absolute Gasteiger partial charge is 0.324 e. The SMILES string of the molecule is CCC1([C@@H](O)C/C=C/[C@@H]2[C@@H](C/C=C\CCC(CC=O)(C(=O)O)N(C)CCCCCCCCCCCCCCCc3ccccc3)[C@H](Cl)C[C@H]2O)CCC1. The van der Waals surface area contributed by atoms with Crippen molar-refractivity contribution in [3.8, 4) is 0 Å². The van der Waals surface area contributed by atoms with E-state index < -0.39 is 17.6 Å². The van der Waals surface area contributed by atoms with Crippen LogP contribution >= 0.6 is 11.6 Å². The Bertz CT molecular complexity index is 1200. The lowest BCUT2D eigenvalue weighted by Gasteiger charge is -2.45. The summed E-state index contributed by atoms with van der Waals surface area (Å²) >= 11 is 6.69. The number of rotatable bonds is 30. The largest absolute Gasteiger partial charge is 0.480 e. The van der Waals surface area contributed by atoms with Gasteiger partial charge in [-0.25, -0.2) is 0 Å². The number of aliphatic hydroxyl groups is 2. The Hall–Kier alpha value is -1.99. The van der Waals surface area contributed by atoms with Crippen LogP contribution in [0.2, 0.25) is 0 Å². The van der Waals surface area contributed by atoms with E-state index in [-0.39, 0.29) is 35.2 Å². The fourth-order valence-electron chi connectivity index (χ4n) is 8.95. The third-order valence-corrected chi connectivity index (χ3v) is 13.5. The fraction of sp³-hybridized carbons (Fsp3) is 0.739. The summed E-state index contributed by atoms with van der Waals surface area (Å²) in [5.41, 5.74) is 0.297. The van der Waals surface area contributed by atoms with Gasteiger partial charge in [-0.1, -0.05) is 139 Å². The van der Waals surface area contributed by atoms with Gasteiger partial charge in [0.25, 0.3) is 0 Å². The third kappa shape index (κ3) is 14.9. The van der Waals surface area contributed by atoms with Crippen molar-refractivity contribution in [3.63, 3.8) is 0 Å². The van der Waals surface area contributed by atoms with Crippen LogP contribution in [0, 0.1) is 17.3 Å². The molecule has 1 unspecified atom stereocenters. The van der Waals surface area contributed by atoms with E-state index in [2.05, 4.69) is 49.4 Å². The number of alkyl halides is 1. The molecule has 2 saturated carbocycles. The molecule has 0 spiro atoms. The normalized spacial score (nSPS) is 23.1. The highest BCUT2D eigenvalue weighted by Crippen LogP contribution is 2.48. The van der Waals surface area contributed by atoms with Crippen molar-refractivity contribution in [1.29, 1.82) is 0 Å². The monoisotopic (exact) mass is 756 g/mol. The zero-order valence-electron chi connectivity index (χ0n) is 33.3. The minimum Gasteiger partial charge on any atom is -0.480 e. The molecule has 0 radical (unpaired) electrons. The van der Waals surface area contributed by atoms with E-state index >= 15 is 0 Å². The summed E-state index contributed by atoms with van der Waals surface area (Å²) in [5.74, 6) is -0.928. The van der Waals surface area contributed by atoms with Crippen LogP contribution in [-0.2, 0) is 16.0 Å². The molecule has 0 bridgehead atoms. The van der Waals surface area contributed by atoms with Crippen LogP contribution in [0.5, 0.6) is 0 Å². The quantitative estimate of drug-likeness (QED) is 0.0313. The van der Waals surface area contributed by atoms with Gasteiger partial charge in [0.15, 0.2) is 0 Å². The number of aliphatic hydroxyl groups excluding tert-OH is 2. The van der Waals surface area contributed by atoms with Crippen molar-refractivity contribution in [2.45, 2.75) is 184 Å². The minimum absolute atomic E-state index is 0.0308. The number of hydrogen-bond acceptors (Lipinski definition) is 5. The summed E-state index contributed by atoms with van der Waals surface area (Å²) in [7, 11) is 1.85. The van der Waals surface area contributed by atoms with Gasteiger partial charge >= 0.3 is 5.97 Å². The maximum absolute atomic E-state index is 12.6. The Morgan fingerprint density at radius 2 is 1.55 bits per heavy atom. The maximum Gasteiger partial charge on any atom is 0.324 e. The molecule has 3 N–H and O–H groups in total. The van der Waals surface area contributed by atoms with Gasteiger partial charge in [-0.2, -0.15) is 0 Å². The van der Waals surface area contributed by atoms with Crippen LogP contribution in [0.4, 0.5) is 0 Å². The first-order valence-electron chi connectivity index (χ1n) is 21.4. The van der Waals surface area contributed by atoms with E-state index in [1.807, 2.05) is 24.1 Å². The molecule has 1 aromatic rings. The molecule has 0 saturated heterocycles. The molecule has 1 aromatic carbocycles. The van der Waals surface area contributed by atoms with Gasteiger partial charge < -0.3 is 20.1 Å². The molecule has 7 heteroatoms. The van der Waals surface area contributed by atoms with Crippen LogP contribution in [0.25, 0.3) is 0 Å². The van der Waals surface area contributed by atoms with Gasteiger partial charge in [0.1, 0.15) is 11.8 Å². The highest BCUT2D eigenvalue weighted by Gasteiger charge is 2.43. The number of benzene rings is 1. The number of halogens is 1. The van der Waals surface area contributed by atoms with Crippen LogP contribution < -0.4 is 0 Å². The Morgan fingerprint density at radius 3 is 2.09 bits per heavy atom. The molecule has 0 heterocycles. The van der Waals surface area contributed by atoms with Crippen LogP contribution in [0.3, 0.4) is 0 Å². The van der Waals surface area contributed by atoms with Crippen molar-refractivity contribution in [1.82, 2.24) is 4.90 Å². The first-order valence-corrected chi connectivity index (χ1v) is 21.9. The number of unbranched alkanes of at least 4 members (excludes halogenated alkanes) is 12. The number of nitrogens with zero attached hydrogens (tertiary/aromatic N) is 1. The van der Waals surface area contributed by atoms with Gasteiger partial charge in [0.2, 0.25) is 0 Å². The number of carboxylic acids is 1. The van der Waals surface area contributed by atoms with Gasteiger partial charge in [-0.05, 0) is 101 Å². The second-order valence-electron chi connectivity index (χ2n) is 16.5. The van der Waals surface area contributed by atoms with Crippen LogP contribution in [0.15, 0.2) is 54.6 Å².